The Morgan fingerprint density at radius 1 is 1.15 bits per heavy atom. The van der Waals surface area contributed by atoms with Crippen molar-refractivity contribution in [3.8, 4) is 11.4 Å². The van der Waals surface area contributed by atoms with Crippen LogP contribution in [0.5, 0.6) is 0 Å². The molecule has 0 saturated carbocycles. The summed E-state index contributed by atoms with van der Waals surface area (Å²) in [7, 11) is 0. The maximum absolute atomic E-state index is 12.6. The number of benzene rings is 2. The molecule has 2 aromatic carbocycles. The predicted octanol–water partition coefficient (Wildman–Crippen LogP) is 2.17. The van der Waals surface area contributed by atoms with Crippen LogP contribution in [0.15, 0.2) is 48.5 Å². The summed E-state index contributed by atoms with van der Waals surface area (Å²) >= 11 is 0. The summed E-state index contributed by atoms with van der Waals surface area (Å²) in [5, 5.41) is 16.6. The predicted molar refractivity (Wildman–Crippen MR) is 99.9 cm³/mol. The van der Waals surface area contributed by atoms with Crippen molar-refractivity contribution >= 4 is 23.2 Å². The second-order valence-corrected chi connectivity index (χ2v) is 6.54. The van der Waals surface area contributed by atoms with Crippen LogP contribution in [0.25, 0.3) is 11.4 Å². The van der Waals surface area contributed by atoms with Gasteiger partial charge in [-0.1, -0.05) is 17.7 Å². The van der Waals surface area contributed by atoms with Crippen LogP contribution in [0.2, 0.25) is 0 Å². The molecule has 0 aliphatic carbocycles. The van der Waals surface area contributed by atoms with Crippen molar-refractivity contribution in [3.63, 3.8) is 0 Å². The maximum Gasteiger partial charge on any atom is 0.229 e. The van der Waals surface area contributed by atoms with Crippen LogP contribution in [0.4, 0.5) is 11.4 Å². The molecule has 1 saturated heterocycles. The van der Waals surface area contributed by atoms with E-state index in [4.69, 9.17) is 0 Å². The van der Waals surface area contributed by atoms with Gasteiger partial charge in [0.1, 0.15) is 0 Å². The number of rotatable bonds is 4. The van der Waals surface area contributed by atoms with E-state index in [1.54, 1.807) is 29.2 Å². The van der Waals surface area contributed by atoms with Gasteiger partial charge in [-0.05, 0) is 48.5 Å². The molecule has 136 valence electrons. The third-order valence-corrected chi connectivity index (χ3v) is 4.60. The fraction of sp³-hybridized carbons (Fsp3) is 0.211. The van der Waals surface area contributed by atoms with Crippen molar-refractivity contribution < 1.29 is 9.59 Å². The summed E-state index contributed by atoms with van der Waals surface area (Å²) in [5.74, 6) is -0.0876. The molecule has 3 aromatic rings. The number of carbonyl (C=O) groups excluding carboxylic acids is 2. The van der Waals surface area contributed by atoms with Gasteiger partial charge in [-0.2, -0.15) is 5.21 Å². The number of hydrogen-bond acceptors (Lipinski definition) is 5. The lowest BCUT2D eigenvalue weighted by atomic mass is 10.1. The highest BCUT2D eigenvalue weighted by molar-refractivity contribution is 6.03. The van der Waals surface area contributed by atoms with E-state index < -0.39 is 0 Å². The molecule has 1 atom stereocenters. The van der Waals surface area contributed by atoms with Gasteiger partial charge in [-0.3, -0.25) is 9.59 Å². The number of nitrogens with one attached hydrogen (secondary N) is 2. The summed E-state index contributed by atoms with van der Waals surface area (Å²) in [6.45, 7) is 2.38. The molecular weight excluding hydrogens is 344 g/mol. The summed E-state index contributed by atoms with van der Waals surface area (Å²) < 4.78 is 0. The van der Waals surface area contributed by atoms with E-state index in [2.05, 4.69) is 25.9 Å². The van der Waals surface area contributed by atoms with E-state index in [0.29, 0.717) is 18.1 Å². The summed E-state index contributed by atoms with van der Waals surface area (Å²) in [6.07, 6.45) is 0.209. The molecule has 2 N–H and O–H groups in total. The molecule has 1 aliphatic rings. The smallest absolute Gasteiger partial charge is 0.229 e. The van der Waals surface area contributed by atoms with E-state index >= 15 is 0 Å². The van der Waals surface area contributed by atoms with Crippen LogP contribution in [-0.4, -0.2) is 39.0 Å². The van der Waals surface area contributed by atoms with E-state index in [1.807, 2.05) is 31.2 Å². The van der Waals surface area contributed by atoms with Crippen molar-refractivity contribution in [2.45, 2.75) is 13.3 Å². The van der Waals surface area contributed by atoms with Crippen molar-refractivity contribution in [2.24, 2.45) is 5.92 Å². The standard InChI is InChI=1S/C19H18N6O2/c1-12-2-8-16(9-3-12)25-11-14(10-17(25)26)19(27)20-15-6-4-13(5-7-15)18-21-23-24-22-18/h2-9,14H,10-11H2,1H3,(H,20,27)(H,21,22,23,24). The Kier molecular flexibility index (Phi) is 4.37. The molecule has 1 aliphatic heterocycles. The molecule has 27 heavy (non-hydrogen) atoms. The quantitative estimate of drug-likeness (QED) is 0.740. The number of tetrazole rings is 1. The number of amides is 2. The monoisotopic (exact) mass is 362 g/mol. The zero-order valence-electron chi connectivity index (χ0n) is 14.7. The molecule has 1 unspecified atom stereocenters. The number of aromatic amines is 1. The lowest BCUT2D eigenvalue weighted by Crippen LogP contribution is -2.28. The largest absolute Gasteiger partial charge is 0.326 e. The van der Waals surface area contributed by atoms with Crippen molar-refractivity contribution in [2.75, 3.05) is 16.8 Å². The fourth-order valence-electron chi connectivity index (χ4n) is 3.09. The second-order valence-electron chi connectivity index (χ2n) is 6.54. The first-order valence-electron chi connectivity index (χ1n) is 8.62. The van der Waals surface area contributed by atoms with E-state index in [-0.39, 0.29) is 24.2 Å². The highest BCUT2D eigenvalue weighted by Gasteiger charge is 2.35. The molecule has 4 rings (SSSR count). The second kappa shape index (κ2) is 6.99. The third-order valence-electron chi connectivity index (χ3n) is 4.60. The van der Waals surface area contributed by atoms with E-state index in [9.17, 15) is 9.59 Å². The SMILES string of the molecule is Cc1ccc(N2CC(C(=O)Nc3ccc(-c4nn[nH]n4)cc3)CC2=O)cc1. The first-order valence-corrected chi connectivity index (χ1v) is 8.62. The summed E-state index contributed by atoms with van der Waals surface area (Å²) in [6, 6.07) is 14.9. The number of anilines is 2. The number of H-pyrrole nitrogens is 1. The topological polar surface area (TPSA) is 104 Å². The molecule has 0 spiro atoms. The lowest BCUT2D eigenvalue weighted by Gasteiger charge is -2.17. The van der Waals surface area contributed by atoms with Gasteiger partial charge < -0.3 is 10.2 Å². The van der Waals surface area contributed by atoms with Gasteiger partial charge in [0, 0.05) is 29.9 Å². The molecule has 8 nitrogen and oxygen atoms in total. The van der Waals surface area contributed by atoms with Crippen LogP contribution in [0, 0.1) is 12.8 Å². The summed E-state index contributed by atoms with van der Waals surface area (Å²) in [4.78, 5) is 26.6. The minimum Gasteiger partial charge on any atom is -0.326 e. The highest BCUT2D eigenvalue weighted by atomic mass is 16.2. The van der Waals surface area contributed by atoms with Crippen molar-refractivity contribution in [1.82, 2.24) is 20.6 Å². The van der Waals surface area contributed by atoms with Crippen molar-refractivity contribution in [1.29, 1.82) is 0 Å². The maximum atomic E-state index is 12.6. The van der Waals surface area contributed by atoms with Crippen LogP contribution in [-0.2, 0) is 9.59 Å². The number of aryl methyl sites for hydroxylation is 1. The van der Waals surface area contributed by atoms with Crippen LogP contribution in [0.3, 0.4) is 0 Å². The minimum atomic E-state index is -0.379. The van der Waals surface area contributed by atoms with Crippen LogP contribution < -0.4 is 10.2 Å². The average Bonchev–Trinajstić information content (AvgIpc) is 3.33. The van der Waals surface area contributed by atoms with Gasteiger partial charge in [0.15, 0.2) is 0 Å². The molecule has 1 fully saturated rings. The molecule has 2 heterocycles. The van der Waals surface area contributed by atoms with Gasteiger partial charge in [0.05, 0.1) is 5.92 Å². The van der Waals surface area contributed by atoms with Gasteiger partial charge in [-0.25, -0.2) is 0 Å². The van der Waals surface area contributed by atoms with E-state index in [1.165, 1.54) is 0 Å². The van der Waals surface area contributed by atoms with Gasteiger partial charge in [-0.15, -0.1) is 10.2 Å². The third kappa shape index (κ3) is 3.55. The summed E-state index contributed by atoms with van der Waals surface area (Å²) in [5.41, 5.74) is 3.41. The fourth-order valence-corrected chi connectivity index (χ4v) is 3.09. The normalized spacial score (nSPS) is 16.6. The Balaban J connectivity index is 1.41. The number of carbonyl (C=O) groups is 2. The minimum absolute atomic E-state index is 0.0357. The molecule has 0 bridgehead atoms. The van der Waals surface area contributed by atoms with Gasteiger partial charge >= 0.3 is 0 Å². The molecule has 1 aromatic heterocycles. The first-order chi connectivity index (χ1) is 13.1. The zero-order chi connectivity index (χ0) is 18.8. The Hall–Kier alpha value is -3.55. The molecule has 0 radical (unpaired) electrons. The number of nitrogens with zero attached hydrogens (tertiary/aromatic N) is 4. The zero-order valence-corrected chi connectivity index (χ0v) is 14.7. The van der Waals surface area contributed by atoms with E-state index in [0.717, 1.165) is 16.8 Å². The molecular formula is C19H18N6O2. The Labute approximate surface area is 155 Å². The number of hydrogen-bond donors (Lipinski definition) is 2. The highest BCUT2D eigenvalue weighted by Crippen LogP contribution is 2.26. The van der Waals surface area contributed by atoms with Gasteiger partial charge in [0.25, 0.3) is 0 Å². The average molecular weight is 362 g/mol. The Bertz CT molecular complexity index is 951. The lowest BCUT2D eigenvalue weighted by molar-refractivity contribution is -0.122. The van der Waals surface area contributed by atoms with Crippen LogP contribution in [0.1, 0.15) is 12.0 Å². The molecule has 2 amide bonds. The Morgan fingerprint density at radius 2 is 1.89 bits per heavy atom. The first kappa shape index (κ1) is 16.9. The Morgan fingerprint density at radius 3 is 2.56 bits per heavy atom. The van der Waals surface area contributed by atoms with Crippen molar-refractivity contribution in [3.05, 3.63) is 54.1 Å². The van der Waals surface area contributed by atoms with Gasteiger partial charge in [0.2, 0.25) is 17.6 Å². The van der Waals surface area contributed by atoms with Crippen LogP contribution >= 0.6 is 0 Å². The number of aromatic nitrogens is 4. The molecule has 8 heteroatoms.